The molecule has 0 radical (unpaired) electrons. The van der Waals surface area contributed by atoms with Crippen molar-refractivity contribution in [3.05, 3.63) is 0 Å². The van der Waals surface area contributed by atoms with Crippen molar-refractivity contribution in [2.45, 2.75) is 52.5 Å². The Morgan fingerprint density at radius 1 is 1.27 bits per heavy atom. The third kappa shape index (κ3) is 3.76. The highest BCUT2D eigenvalue weighted by atomic mass is 15.1. The summed E-state index contributed by atoms with van der Waals surface area (Å²) >= 11 is 0. The van der Waals surface area contributed by atoms with Crippen LogP contribution in [0.15, 0.2) is 0 Å². The number of rotatable bonds is 3. The molecule has 1 aliphatic rings. The van der Waals surface area contributed by atoms with Crippen LogP contribution >= 0.6 is 0 Å². The Labute approximate surface area is 71.8 Å². The van der Waals surface area contributed by atoms with Gasteiger partial charge in [0.25, 0.3) is 0 Å². The van der Waals surface area contributed by atoms with Gasteiger partial charge in [0.15, 0.2) is 0 Å². The van der Waals surface area contributed by atoms with Crippen LogP contribution in [-0.4, -0.2) is 24.5 Å². The largest absolute Gasteiger partial charge is 0.303 e. The first kappa shape index (κ1) is 11.0. The van der Waals surface area contributed by atoms with Crippen molar-refractivity contribution in [2.24, 2.45) is 0 Å². The molecule has 0 atom stereocenters. The molecule has 0 aromatic carbocycles. The highest BCUT2D eigenvalue weighted by molar-refractivity contribution is 4.77. The van der Waals surface area contributed by atoms with E-state index in [2.05, 4.69) is 18.9 Å². The molecule has 0 heterocycles. The molecule has 11 heavy (non-hydrogen) atoms. The summed E-state index contributed by atoms with van der Waals surface area (Å²) in [5.74, 6) is 0. The second-order valence-corrected chi connectivity index (χ2v) is 3.07. The van der Waals surface area contributed by atoms with Crippen LogP contribution in [0.5, 0.6) is 0 Å². The van der Waals surface area contributed by atoms with E-state index in [0.29, 0.717) is 0 Å². The Morgan fingerprint density at radius 2 is 1.82 bits per heavy atom. The maximum Gasteiger partial charge on any atom is 0.00922 e. The zero-order chi connectivity index (χ0) is 8.69. The molecule has 0 aliphatic heterocycles. The molecule has 0 aromatic rings. The Bertz CT molecular complexity index is 76.9. The van der Waals surface area contributed by atoms with Gasteiger partial charge in [0, 0.05) is 6.04 Å². The van der Waals surface area contributed by atoms with Crippen molar-refractivity contribution in [3.63, 3.8) is 0 Å². The molecule has 0 N–H and O–H groups in total. The standard InChI is InChI=1S/C8H17N.C2H6/c1-3-7-9(2)8-5-4-6-8;1-2/h8H,3-7H2,1-2H3;1-2H3. The minimum absolute atomic E-state index is 0.935. The molecule has 1 fully saturated rings. The zero-order valence-corrected chi connectivity index (χ0v) is 8.56. The van der Waals surface area contributed by atoms with E-state index in [-0.39, 0.29) is 0 Å². The summed E-state index contributed by atoms with van der Waals surface area (Å²) < 4.78 is 0. The fourth-order valence-electron chi connectivity index (χ4n) is 1.36. The van der Waals surface area contributed by atoms with Crippen LogP contribution < -0.4 is 0 Å². The van der Waals surface area contributed by atoms with E-state index in [1.165, 1.54) is 32.2 Å². The lowest BCUT2D eigenvalue weighted by Gasteiger charge is -2.34. The van der Waals surface area contributed by atoms with Crippen LogP contribution in [0.1, 0.15) is 46.5 Å². The lowest BCUT2D eigenvalue weighted by Crippen LogP contribution is -2.37. The first-order valence-electron chi connectivity index (χ1n) is 5.05. The summed E-state index contributed by atoms with van der Waals surface area (Å²) in [5, 5.41) is 0. The van der Waals surface area contributed by atoms with Crippen molar-refractivity contribution >= 4 is 0 Å². The summed E-state index contributed by atoms with van der Waals surface area (Å²) in [6.45, 7) is 7.53. The molecule has 0 amide bonds. The minimum Gasteiger partial charge on any atom is -0.303 e. The lowest BCUT2D eigenvalue weighted by molar-refractivity contribution is 0.160. The number of nitrogens with zero attached hydrogens (tertiary/aromatic N) is 1. The first-order chi connectivity index (χ1) is 5.34. The van der Waals surface area contributed by atoms with E-state index < -0.39 is 0 Å². The molecule has 1 nitrogen and oxygen atoms in total. The molecule has 0 bridgehead atoms. The maximum absolute atomic E-state index is 2.49. The third-order valence-corrected chi connectivity index (χ3v) is 2.27. The summed E-state index contributed by atoms with van der Waals surface area (Å²) in [6.07, 6.45) is 5.64. The van der Waals surface area contributed by atoms with Gasteiger partial charge in [0.05, 0.1) is 0 Å². The highest BCUT2D eigenvalue weighted by Gasteiger charge is 2.20. The third-order valence-electron chi connectivity index (χ3n) is 2.27. The van der Waals surface area contributed by atoms with Crippen LogP contribution in [-0.2, 0) is 0 Å². The summed E-state index contributed by atoms with van der Waals surface area (Å²) in [6, 6.07) is 0.935. The predicted octanol–water partition coefficient (Wildman–Crippen LogP) is 2.91. The van der Waals surface area contributed by atoms with Gasteiger partial charge in [-0.3, -0.25) is 0 Å². The quantitative estimate of drug-likeness (QED) is 0.609. The summed E-state index contributed by atoms with van der Waals surface area (Å²) in [7, 11) is 2.24. The van der Waals surface area contributed by atoms with Crippen molar-refractivity contribution < 1.29 is 0 Å². The Morgan fingerprint density at radius 3 is 2.09 bits per heavy atom. The van der Waals surface area contributed by atoms with Crippen LogP contribution in [0, 0.1) is 0 Å². The van der Waals surface area contributed by atoms with Gasteiger partial charge in [-0.25, -0.2) is 0 Å². The highest BCUT2D eigenvalue weighted by Crippen LogP contribution is 2.23. The molecular weight excluding hydrogens is 134 g/mol. The molecule has 0 spiro atoms. The maximum atomic E-state index is 2.49. The predicted molar refractivity (Wildman–Crippen MR) is 51.9 cm³/mol. The van der Waals surface area contributed by atoms with Crippen LogP contribution in [0.2, 0.25) is 0 Å². The zero-order valence-electron chi connectivity index (χ0n) is 8.56. The van der Waals surface area contributed by atoms with E-state index in [0.717, 1.165) is 6.04 Å². The van der Waals surface area contributed by atoms with Gasteiger partial charge in [-0.05, 0) is 32.9 Å². The Kier molecular flexibility index (Phi) is 6.63. The van der Waals surface area contributed by atoms with E-state index in [9.17, 15) is 0 Å². The van der Waals surface area contributed by atoms with Gasteiger partial charge in [-0.15, -0.1) is 0 Å². The second-order valence-electron chi connectivity index (χ2n) is 3.07. The monoisotopic (exact) mass is 157 g/mol. The SMILES string of the molecule is CC.CCCN(C)C1CCC1. The van der Waals surface area contributed by atoms with Crippen LogP contribution in [0.3, 0.4) is 0 Å². The minimum atomic E-state index is 0.935. The van der Waals surface area contributed by atoms with Crippen LogP contribution in [0.25, 0.3) is 0 Å². The van der Waals surface area contributed by atoms with Gasteiger partial charge < -0.3 is 4.90 Å². The Balaban J connectivity index is 0.000000461. The van der Waals surface area contributed by atoms with Crippen molar-refractivity contribution in [2.75, 3.05) is 13.6 Å². The number of hydrogen-bond acceptors (Lipinski definition) is 1. The smallest absolute Gasteiger partial charge is 0.00922 e. The Hall–Kier alpha value is -0.0400. The van der Waals surface area contributed by atoms with Crippen molar-refractivity contribution in [3.8, 4) is 0 Å². The van der Waals surface area contributed by atoms with Gasteiger partial charge >= 0.3 is 0 Å². The lowest BCUT2D eigenvalue weighted by atomic mass is 9.92. The molecule has 68 valence electrons. The molecule has 0 unspecified atom stereocenters. The normalized spacial score (nSPS) is 17.2. The molecular formula is C10H23N. The fraction of sp³-hybridized carbons (Fsp3) is 1.00. The summed E-state index contributed by atoms with van der Waals surface area (Å²) in [5.41, 5.74) is 0. The molecule has 0 saturated heterocycles. The van der Waals surface area contributed by atoms with E-state index >= 15 is 0 Å². The molecule has 1 aliphatic carbocycles. The van der Waals surface area contributed by atoms with Crippen LogP contribution in [0.4, 0.5) is 0 Å². The van der Waals surface area contributed by atoms with E-state index in [1.807, 2.05) is 13.8 Å². The first-order valence-corrected chi connectivity index (χ1v) is 5.05. The fourth-order valence-corrected chi connectivity index (χ4v) is 1.36. The number of hydrogen-bond donors (Lipinski definition) is 0. The van der Waals surface area contributed by atoms with Gasteiger partial charge in [0.2, 0.25) is 0 Å². The molecule has 1 heteroatoms. The average molecular weight is 157 g/mol. The summed E-state index contributed by atoms with van der Waals surface area (Å²) in [4.78, 5) is 2.49. The van der Waals surface area contributed by atoms with Crippen molar-refractivity contribution in [1.82, 2.24) is 4.90 Å². The topological polar surface area (TPSA) is 3.24 Å². The van der Waals surface area contributed by atoms with Gasteiger partial charge in [-0.2, -0.15) is 0 Å². The van der Waals surface area contributed by atoms with Gasteiger partial charge in [0.1, 0.15) is 0 Å². The second kappa shape index (κ2) is 6.66. The average Bonchev–Trinajstić information content (AvgIpc) is 1.89. The van der Waals surface area contributed by atoms with E-state index in [4.69, 9.17) is 0 Å². The molecule has 1 rings (SSSR count). The molecule has 0 aromatic heterocycles. The van der Waals surface area contributed by atoms with E-state index in [1.54, 1.807) is 0 Å². The van der Waals surface area contributed by atoms with Crippen molar-refractivity contribution in [1.29, 1.82) is 0 Å². The molecule has 1 saturated carbocycles. The van der Waals surface area contributed by atoms with Gasteiger partial charge in [-0.1, -0.05) is 27.2 Å².